The Kier molecular flexibility index (Phi) is 5.37. The van der Waals surface area contributed by atoms with E-state index in [1.807, 2.05) is 0 Å². The average molecular weight is 345 g/mol. The highest BCUT2D eigenvalue weighted by Gasteiger charge is 2.35. The summed E-state index contributed by atoms with van der Waals surface area (Å²) in [6, 6.07) is 0.164. The average Bonchev–Trinajstić information content (AvgIpc) is 3.07. The molecule has 3 aliphatic rings. The van der Waals surface area contributed by atoms with E-state index >= 15 is 0 Å². The highest BCUT2D eigenvalue weighted by Crippen LogP contribution is 2.34. The summed E-state index contributed by atoms with van der Waals surface area (Å²) in [6.07, 6.45) is 15.4. The van der Waals surface area contributed by atoms with Crippen molar-refractivity contribution in [3.63, 3.8) is 0 Å². The van der Waals surface area contributed by atoms with Crippen molar-refractivity contribution in [2.75, 3.05) is 6.54 Å². The minimum Gasteiger partial charge on any atom is -0.332 e. The number of rotatable bonds is 3. The molecule has 0 radical (unpaired) electrons. The van der Waals surface area contributed by atoms with Gasteiger partial charge in [0.1, 0.15) is 5.82 Å². The molecule has 3 heterocycles. The van der Waals surface area contributed by atoms with Gasteiger partial charge in [-0.2, -0.15) is 0 Å². The van der Waals surface area contributed by atoms with Crippen molar-refractivity contribution in [2.24, 2.45) is 5.92 Å². The topological polar surface area (TPSA) is 51.0 Å². The van der Waals surface area contributed by atoms with Crippen LogP contribution in [-0.2, 0) is 17.8 Å². The van der Waals surface area contributed by atoms with Crippen molar-refractivity contribution in [1.82, 2.24) is 19.7 Å². The van der Waals surface area contributed by atoms with E-state index in [4.69, 9.17) is 0 Å². The van der Waals surface area contributed by atoms with Crippen LogP contribution >= 0.6 is 0 Å². The Bertz CT molecular complexity index is 589. The van der Waals surface area contributed by atoms with Crippen molar-refractivity contribution >= 4 is 5.91 Å². The summed E-state index contributed by atoms with van der Waals surface area (Å²) in [5, 5.41) is 8.99. The third-order valence-corrected chi connectivity index (χ3v) is 6.45. The van der Waals surface area contributed by atoms with Crippen LogP contribution in [0.15, 0.2) is 0 Å². The highest BCUT2D eigenvalue weighted by molar-refractivity contribution is 5.77. The van der Waals surface area contributed by atoms with E-state index in [-0.39, 0.29) is 6.04 Å². The first-order valence-corrected chi connectivity index (χ1v) is 10.5. The third-order valence-electron chi connectivity index (χ3n) is 6.45. The largest absolute Gasteiger partial charge is 0.332 e. The summed E-state index contributed by atoms with van der Waals surface area (Å²) in [5.74, 6) is 3.16. The maximum atomic E-state index is 13.0. The summed E-state index contributed by atoms with van der Waals surface area (Å²) < 4.78 is 2.33. The van der Waals surface area contributed by atoms with Crippen molar-refractivity contribution in [2.45, 2.75) is 96.1 Å². The Morgan fingerprint density at radius 1 is 0.880 bits per heavy atom. The fourth-order valence-electron chi connectivity index (χ4n) is 5.02. The van der Waals surface area contributed by atoms with E-state index in [2.05, 4.69) is 19.7 Å². The molecule has 1 saturated heterocycles. The molecule has 25 heavy (non-hydrogen) atoms. The van der Waals surface area contributed by atoms with Crippen LogP contribution in [0.4, 0.5) is 0 Å². The zero-order valence-corrected chi connectivity index (χ0v) is 15.5. The number of aryl methyl sites for hydroxylation is 1. The number of aromatic nitrogens is 3. The van der Waals surface area contributed by atoms with E-state index in [1.54, 1.807) is 0 Å². The number of hydrogen-bond donors (Lipinski definition) is 0. The van der Waals surface area contributed by atoms with Crippen LogP contribution in [0.25, 0.3) is 0 Å². The predicted octanol–water partition coefficient (Wildman–Crippen LogP) is 4.03. The summed E-state index contributed by atoms with van der Waals surface area (Å²) >= 11 is 0. The first-order chi connectivity index (χ1) is 12.3. The molecule has 1 unspecified atom stereocenters. The lowest BCUT2D eigenvalue weighted by atomic mass is 9.96. The smallest absolute Gasteiger partial charge is 0.223 e. The van der Waals surface area contributed by atoms with Crippen LogP contribution in [0, 0.1) is 5.92 Å². The van der Waals surface area contributed by atoms with Gasteiger partial charge in [0.2, 0.25) is 5.91 Å². The predicted molar refractivity (Wildman–Crippen MR) is 97.1 cm³/mol. The number of hydrogen-bond acceptors (Lipinski definition) is 3. The van der Waals surface area contributed by atoms with E-state index in [0.717, 1.165) is 50.4 Å². The van der Waals surface area contributed by atoms with Gasteiger partial charge in [0, 0.05) is 25.9 Å². The van der Waals surface area contributed by atoms with Crippen LogP contribution in [0.2, 0.25) is 0 Å². The fraction of sp³-hybridized carbons (Fsp3) is 0.850. The van der Waals surface area contributed by atoms with Crippen molar-refractivity contribution in [3.05, 3.63) is 11.6 Å². The zero-order chi connectivity index (χ0) is 17.1. The molecular formula is C20H32N4O. The molecule has 0 spiro atoms. The molecule has 0 N–H and O–H groups in total. The van der Waals surface area contributed by atoms with E-state index in [0.29, 0.717) is 11.8 Å². The van der Waals surface area contributed by atoms with Crippen LogP contribution in [0.3, 0.4) is 0 Å². The Hall–Kier alpha value is -1.39. The van der Waals surface area contributed by atoms with Crippen molar-refractivity contribution in [3.8, 4) is 0 Å². The van der Waals surface area contributed by atoms with Crippen molar-refractivity contribution < 1.29 is 4.79 Å². The molecule has 2 aliphatic heterocycles. The third kappa shape index (κ3) is 3.75. The molecule has 0 aromatic carbocycles. The molecule has 5 heteroatoms. The molecule has 0 bridgehead atoms. The minimum absolute atomic E-state index is 0.164. The van der Waals surface area contributed by atoms with Crippen molar-refractivity contribution in [1.29, 1.82) is 0 Å². The number of carbonyl (C=O) groups excluding carboxylic acids is 1. The molecule has 138 valence electrons. The van der Waals surface area contributed by atoms with E-state index in [1.165, 1.54) is 57.8 Å². The van der Waals surface area contributed by atoms with Crippen LogP contribution in [-0.4, -0.2) is 32.1 Å². The van der Waals surface area contributed by atoms with Crippen LogP contribution in [0.5, 0.6) is 0 Å². The normalized spacial score (nSPS) is 25.4. The fourth-order valence-corrected chi connectivity index (χ4v) is 5.02. The molecule has 1 aliphatic carbocycles. The Morgan fingerprint density at radius 3 is 2.52 bits per heavy atom. The first-order valence-electron chi connectivity index (χ1n) is 10.5. The molecule has 5 nitrogen and oxygen atoms in total. The second-order valence-corrected chi connectivity index (χ2v) is 8.24. The van der Waals surface area contributed by atoms with Gasteiger partial charge in [0.15, 0.2) is 5.82 Å². The van der Waals surface area contributed by atoms with Gasteiger partial charge in [-0.25, -0.2) is 0 Å². The molecule has 2 fully saturated rings. The highest BCUT2D eigenvalue weighted by atomic mass is 16.2. The van der Waals surface area contributed by atoms with Gasteiger partial charge in [0.25, 0.3) is 0 Å². The number of nitrogens with zero attached hydrogens (tertiary/aromatic N) is 4. The van der Waals surface area contributed by atoms with Gasteiger partial charge in [-0.15, -0.1) is 10.2 Å². The SMILES string of the molecule is O=C(CC1CCCCCC1)N1CCCC1c1nnc2n1CCCCC2. The van der Waals surface area contributed by atoms with Gasteiger partial charge in [-0.05, 0) is 44.4 Å². The van der Waals surface area contributed by atoms with Crippen LogP contribution in [0.1, 0.15) is 94.7 Å². The maximum absolute atomic E-state index is 13.0. The summed E-state index contributed by atoms with van der Waals surface area (Å²) in [4.78, 5) is 15.2. The van der Waals surface area contributed by atoms with E-state index < -0.39 is 0 Å². The molecule has 1 amide bonds. The van der Waals surface area contributed by atoms with Gasteiger partial charge < -0.3 is 9.47 Å². The molecule has 1 aromatic heterocycles. The van der Waals surface area contributed by atoms with Gasteiger partial charge in [-0.3, -0.25) is 4.79 Å². The second-order valence-electron chi connectivity index (χ2n) is 8.24. The minimum atomic E-state index is 0.164. The summed E-state index contributed by atoms with van der Waals surface area (Å²) in [5.41, 5.74) is 0. The molecule has 1 atom stereocenters. The summed E-state index contributed by atoms with van der Waals surface area (Å²) in [7, 11) is 0. The van der Waals surface area contributed by atoms with Gasteiger partial charge in [0.05, 0.1) is 6.04 Å². The van der Waals surface area contributed by atoms with Gasteiger partial charge in [-0.1, -0.05) is 32.1 Å². The quantitative estimate of drug-likeness (QED) is 0.778. The Balaban J connectivity index is 1.47. The van der Waals surface area contributed by atoms with E-state index in [9.17, 15) is 4.79 Å². The number of carbonyl (C=O) groups is 1. The van der Waals surface area contributed by atoms with Crippen LogP contribution < -0.4 is 0 Å². The Labute approximate surface area is 151 Å². The molecular weight excluding hydrogens is 312 g/mol. The zero-order valence-electron chi connectivity index (χ0n) is 15.5. The lowest BCUT2D eigenvalue weighted by molar-refractivity contribution is -0.133. The monoisotopic (exact) mass is 344 g/mol. The number of fused-ring (bicyclic) bond motifs is 1. The van der Waals surface area contributed by atoms with Gasteiger partial charge >= 0.3 is 0 Å². The number of amides is 1. The molecule has 4 rings (SSSR count). The number of likely N-dealkylation sites (tertiary alicyclic amines) is 1. The second kappa shape index (κ2) is 7.88. The molecule has 1 saturated carbocycles. The maximum Gasteiger partial charge on any atom is 0.223 e. The lowest BCUT2D eigenvalue weighted by Gasteiger charge is -2.26. The Morgan fingerprint density at radius 2 is 1.68 bits per heavy atom. The lowest BCUT2D eigenvalue weighted by Crippen LogP contribution is -2.33. The first kappa shape index (κ1) is 17.0. The standard InChI is InChI=1S/C20H32N4O/c25-19(15-16-9-4-1-2-5-10-16)23-14-8-11-17(23)20-22-21-18-12-6-3-7-13-24(18)20/h16-17H,1-15H2. The summed E-state index contributed by atoms with van der Waals surface area (Å²) in [6.45, 7) is 1.93. The molecule has 1 aromatic rings.